The number of rotatable bonds is 4. The van der Waals surface area contributed by atoms with Gasteiger partial charge in [-0.25, -0.2) is 4.68 Å². The van der Waals surface area contributed by atoms with Gasteiger partial charge in [-0.05, 0) is 48.8 Å². The lowest BCUT2D eigenvalue weighted by molar-refractivity contribution is 0.413. The minimum atomic E-state index is 0.652. The Labute approximate surface area is 158 Å². The van der Waals surface area contributed by atoms with Gasteiger partial charge in [0.1, 0.15) is 12.4 Å². The van der Waals surface area contributed by atoms with Gasteiger partial charge < -0.3 is 14.2 Å². The lowest BCUT2D eigenvalue weighted by Gasteiger charge is -2.31. The molecule has 1 aromatic heterocycles. The lowest BCUT2D eigenvalue weighted by Crippen LogP contribution is -2.32. The number of benzene rings is 2. The van der Waals surface area contributed by atoms with Crippen LogP contribution in [0, 0.1) is 4.77 Å². The molecule has 0 fully saturated rings. The predicted molar refractivity (Wildman–Crippen MR) is 106 cm³/mol. The van der Waals surface area contributed by atoms with Crippen molar-refractivity contribution in [3.63, 3.8) is 0 Å². The molecule has 3 aromatic rings. The number of ether oxygens (including phenoxy) is 1. The van der Waals surface area contributed by atoms with Gasteiger partial charge in [0.05, 0.1) is 7.11 Å². The van der Waals surface area contributed by atoms with Crippen molar-refractivity contribution in [1.29, 1.82) is 0 Å². The van der Waals surface area contributed by atoms with Crippen LogP contribution in [0.2, 0.25) is 0 Å². The van der Waals surface area contributed by atoms with Crippen LogP contribution >= 0.6 is 12.2 Å². The zero-order chi connectivity index (χ0) is 18.1. The number of hydrogen-bond acceptors (Lipinski definition) is 4. The van der Waals surface area contributed by atoms with E-state index in [1.165, 1.54) is 11.3 Å². The number of anilines is 1. The molecule has 134 valence electrons. The molecular formula is C20H22N4OS. The SMILES string of the molecule is COc1ccc2c(c1)CCCN2Cn1nc(-c2ccccc2)n(C)c1=S. The summed E-state index contributed by atoms with van der Waals surface area (Å²) in [5, 5.41) is 4.79. The fraction of sp³-hybridized carbons (Fsp3) is 0.300. The van der Waals surface area contributed by atoms with E-state index in [0.717, 1.165) is 41.3 Å². The Morgan fingerprint density at radius 2 is 1.96 bits per heavy atom. The van der Waals surface area contributed by atoms with E-state index in [1.807, 2.05) is 40.6 Å². The summed E-state index contributed by atoms with van der Waals surface area (Å²) >= 11 is 5.64. The molecule has 0 bridgehead atoms. The lowest BCUT2D eigenvalue weighted by atomic mass is 10.0. The first-order chi connectivity index (χ1) is 12.7. The third kappa shape index (κ3) is 3.01. The second-order valence-electron chi connectivity index (χ2n) is 6.53. The van der Waals surface area contributed by atoms with E-state index in [1.54, 1.807) is 7.11 Å². The van der Waals surface area contributed by atoms with Crippen molar-refractivity contribution >= 4 is 17.9 Å². The molecule has 1 aliphatic heterocycles. The highest BCUT2D eigenvalue weighted by atomic mass is 32.1. The maximum Gasteiger partial charge on any atom is 0.199 e. The topological polar surface area (TPSA) is 35.2 Å². The summed E-state index contributed by atoms with van der Waals surface area (Å²) in [4.78, 5) is 2.34. The van der Waals surface area contributed by atoms with Crippen molar-refractivity contribution in [3.8, 4) is 17.1 Å². The molecule has 0 saturated carbocycles. The number of aryl methyl sites for hydroxylation is 1. The van der Waals surface area contributed by atoms with Crippen LogP contribution < -0.4 is 9.64 Å². The van der Waals surface area contributed by atoms with E-state index in [-0.39, 0.29) is 0 Å². The summed E-state index contributed by atoms with van der Waals surface area (Å²) < 4.78 is 9.98. The molecular weight excluding hydrogens is 344 g/mol. The van der Waals surface area contributed by atoms with Gasteiger partial charge in [0, 0.05) is 24.8 Å². The van der Waals surface area contributed by atoms with Gasteiger partial charge in [-0.3, -0.25) is 0 Å². The molecule has 0 N–H and O–H groups in total. The average molecular weight is 366 g/mol. The first-order valence-electron chi connectivity index (χ1n) is 8.78. The van der Waals surface area contributed by atoms with Crippen LogP contribution in [0.15, 0.2) is 48.5 Å². The van der Waals surface area contributed by atoms with Gasteiger partial charge in [-0.15, -0.1) is 5.10 Å². The predicted octanol–water partition coefficient (Wildman–Crippen LogP) is 4.04. The summed E-state index contributed by atoms with van der Waals surface area (Å²) in [7, 11) is 3.68. The number of hydrogen-bond donors (Lipinski definition) is 0. The standard InChI is InChI=1S/C20H22N4OS/c1-22-19(15-7-4-3-5-8-15)21-24(20(22)26)14-23-12-6-9-16-13-17(25-2)10-11-18(16)23/h3-5,7-8,10-11,13H,6,9,12,14H2,1-2H3. The second kappa shape index (κ2) is 6.96. The smallest absolute Gasteiger partial charge is 0.199 e. The molecule has 0 atom stereocenters. The van der Waals surface area contributed by atoms with Crippen LogP contribution in [-0.2, 0) is 20.1 Å². The maximum atomic E-state index is 5.64. The minimum Gasteiger partial charge on any atom is -0.497 e. The molecule has 0 unspecified atom stereocenters. The molecule has 0 radical (unpaired) electrons. The van der Waals surface area contributed by atoms with Crippen molar-refractivity contribution in [2.45, 2.75) is 19.5 Å². The maximum absolute atomic E-state index is 5.64. The van der Waals surface area contributed by atoms with Crippen LogP contribution in [0.4, 0.5) is 5.69 Å². The van der Waals surface area contributed by atoms with Crippen molar-refractivity contribution in [2.75, 3.05) is 18.6 Å². The fourth-order valence-electron chi connectivity index (χ4n) is 3.51. The van der Waals surface area contributed by atoms with Crippen LogP contribution in [0.3, 0.4) is 0 Å². The number of nitrogens with zero attached hydrogens (tertiary/aromatic N) is 4. The summed E-state index contributed by atoms with van der Waals surface area (Å²) in [6.45, 7) is 1.65. The highest BCUT2D eigenvalue weighted by Crippen LogP contribution is 2.31. The molecule has 2 aromatic carbocycles. The third-order valence-corrected chi connectivity index (χ3v) is 5.36. The molecule has 0 aliphatic carbocycles. The molecule has 5 nitrogen and oxygen atoms in total. The van der Waals surface area contributed by atoms with Crippen molar-refractivity contribution in [2.24, 2.45) is 7.05 Å². The number of aromatic nitrogens is 3. The van der Waals surface area contributed by atoms with Gasteiger partial charge >= 0.3 is 0 Å². The quantitative estimate of drug-likeness (QED) is 0.653. The van der Waals surface area contributed by atoms with E-state index >= 15 is 0 Å². The molecule has 2 heterocycles. The van der Waals surface area contributed by atoms with E-state index in [9.17, 15) is 0 Å². The number of fused-ring (bicyclic) bond motifs is 1. The molecule has 26 heavy (non-hydrogen) atoms. The van der Waals surface area contributed by atoms with E-state index in [0.29, 0.717) is 6.67 Å². The molecule has 0 amide bonds. The van der Waals surface area contributed by atoms with Crippen molar-refractivity contribution in [3.05, 3.63) is 58.9 Å². The average Bonchev–Trinajstić information content (AvgIpc) is 2.97. The Balaban J connectivity index is 1.66. The molecule has 1 aliphatic rings. The molecule has 4 rings (SSSR count). The van der Waals surface area contributed by atoms with E-state index in [2.05, 4.69) is 29.2 Å². The fourth-order valence-corrected chi connectivity index (χ4v) is 3.69. The van der Waals surface area contributed by atoms with Gasteiger partial charge in [0.2, 0.25) is 0 Å². The minimum absolute atomic E-state index is 0.652. The van der Waals surface area contributed by atoms with Crippen LogP contribution in [-0.4, -0.2) is 28.0 Å². The first kappa shape index (κ1) is 16.8. The summed E-state index contributed by atoms with van der Waals surface area (Å²) in [5.74, 6) is 1.80. The Hall–Kier alpha value is -2.60. The zero-order valence-corrected chi connectivity index (χ0v) is 15.9. The molecule has 6 heteroatoms. The van der Waals surface area contributed by atoms with Crippen LogP contribution in [0.1, 0.15) is 12.0 Å². The molecule has 0 spiro atoms. The van der Waals surface area contributed by atoms with Crippen molar-refractivity contribution < 1.29 is 4.74 Å². The Bertz CT molecular complexity index is 977. The number of methoxy groups -OCH3 is 1. The summed E-state index contributed by atoms with van der Waals surface area (Å²) in [5.41, 5.74) is 3.64. The highest BCUT2D eigenvalue weighted by molar-refractivity contribution is 7.71. The second-order valence-corrected chi connectivity index (χ2v) is 6.90. The Morgan fingerprint density at radius 3 is 2.73 bits per heavy atom. The normalized spacial score (nSPS) is 13.5. The summed E-state index contributed by atoms with van der Waals surface area (Å²) in [6.07, 6.45) is 2.19. The van der Waals surface area contributed by atoms with Crippen LogP contribution in [0.25, 0.3) is 11.4 Å². The van der Waals surface area contributed by atoms with Gasteiger partial charge in [0.25, 0.3) is 0 Å². The molecule has 0 saturated heterocycles. The Kier molecular flexibility index (Phi) is 4.51. The van der Waals surface area contributed by atoms with Crippen molar-refractivity contribution in [1.82, 2.24) is 14.3 Å². The van der Waals surface area contributed by atoms with Gasteiger partial charge in [0.15, 0.2) is 10.6 Å². The first-order valence-corrected chi connectivity index (χ1v) is 9.19. The third-order valence-electron chi connectivity index (χ3n) is 4.88. The van der Waals surface area contributed by atoms with Crippen LogP contribution in [0.5, 0.6) is 5.75 Å². The Morgan fingerprint density at radius 1 is 1.15 bits per heavy atom. The highest BCUT2D eigenvalue weighted by Gasteiger charge is 2.19. The largest absolute Gasteiger partial charge is 0.497 e. The van der Waals surface area contributed by atoms with Gasteiger partial charge in [-0.1, -0.05) is 30.3 Å². The zero-order valence-electron chi connectivity index (χ0n) is 15.1. The summed E-state index contributed by atoms with van der Waals surface area (Å²) in [6, 6.07) is 16.5. The van der Waals surface area contributed by atoms with Gasteiger partial charge in [-0.2, -0.15) is 0 Å². The monoisotopic (exact) mass is 366 g/mol. The van der Waals surface area contributed by atoms with E-state index in [4.69, 9.17) is 22.1 Å². The van der Waals surface area contributed by atoms with E-state index < -0.39 is 0 Å².